The van der Waals surface area contributed by atoms with Crippen LogP contribution in [0.15, 0.2) is 18.3 Å². The lowest BCUT2D eigenvalue weighted by molar-refractivity contribution is -0.655. The number of rotatable bonds is 0. The smallest absolute Gasteiger partial charge is 0.232 e. The molecule has 0 saturated carbocycles. The quantitative estimate of drug-likeness (QED) is 0.524. The molecule has 2 rings (SSSR count). The Hall–Kier alpha value is -1.38. The van der Waals surface area contributed by atoms with Gasteiger partial charge in [-0.2, -0.15) is 0 Å². The molecule has 0 fully saturated rings. The third-order valence-corrected chi connectivity index (χ3v) is 2.25. The Bertz CT molecular complexity index is 429. The highest BCUT2D eigenvalue weighted by Gasteiger charge is 2.10. The molecule has 0 atom stereocenters. The molecule has 0 bridgehead atoms. The van der Waals surface area contributed by atoms with Crippen molar-refractivity contribution in [3.63, 3.8) is 0 Å². The molecule has 0 aromatic carbocycles. The van der Waals surface area contributed by atoms with E-state index < -0.39 is 0 Å². The average Bonchev–Trinajstić information content (AvgIpc) is 2.48. The third-order valence-electron chi connectivity index (χ3n) is 2.25. The van der Waals surface area contributed by atoms with Gasteiger partial charge in [-0.25, -0.2) is 4.57 Å². The minimum Gasteiger partial charge on any atom is -0.232 e. The van der Waals surface area contributed by atoms with E-state index in [0.29, 0.717) is 0 Å². The summed E-state index contributed by atoms with van der Waals surface area (Å²) in [6, 6.07) is 4.14. The molecule has 2 aromatic heterocycles. The van der Waals surface area contributed by atoms with Crippen LogP contribution in [-0.2, 0) is 7.05 Å². The van der Waals surface area contributed by atoms with Gasteiger partial charge in [-0.1, -0.05) is 5.10 Å². The minimum absolute atomic E-state index is 1.13. The molecule has 0 aliphatic heterocycles. The highest BCUT2D eigenvalue weighted by molar-refractivity contribution is 5.31. The number of hydrogen-bond acceptors (Lipinski definition) is 1. The number of nitrogens with zero attached hydrogens (tertiary/aromatic N) is 3. The van der Waals surface area contributed by atoms with Gasteiger partial charge < -0.3 is 0 Å². The van der Waals surface area contributed by atoms with Gasteiger partial charge in [0.2, 0.25) is 0 Å². The van der Waals surface area contributed by atoms with Crippen LogP contribution in [0.5, 0.6) is 0 Å². The Morgan fingerprint density at radius 1 is 1.42 bits per heavy atom. The van der Waals surface area contributed by atoms with Gasteiger partial charge in [0, 0.05) is 13.0 Å². The van der Waals surface area contributed by atoms with Gasteiger partial charge in [-0.05, 0) is 6.92 Å². The first-order valence-corrected chi connectivity index (χ1v) is 4.00. The van der Waals surface area contributed by atoms with Crippen LogP contribution in [0.2, 0.25) is 0 Å². The lowest BCUT2D eigenvalue weighted by atomic mass is 10.3. The standard InChI is InChI=1S/C9H12N3/c1-7-6-8(2)12-9(11(7)3)4-5-10-12/h4-6H,1-3H3/q+1. The summed E-state index contributed by atoms with van der Waals surface area (Å²) in [5.74, 6) is 0. The second-order valence-corrected chi connectivity index (χ2v) is 3.09. The van der Waals surface area contributed by atoms with Crippen LogP contribution in [-0.4, -0.2) is 9.61 Å². The number of hydrogen-bond donors (Lipinski definition) is 0. The Balaban J connectivity index is 2.97. The highest BCUT2D eigenvalue weighted by Crippen LogP contribution is 2.02. The van der Waals surface area contributed by atoms with Gasteiger partial charge in [0.1, 0.15) is 11.4 Å². The summed E-state index contributed by atoms with van der Waals surface area (Å²) in [5.41, 5.74) is 3.55. The molecule has 0 aliphatic rings. The minimum atomic E-state index is 1.13. The second kappa shape index (κ2) is 2.30. The van der Waals surface area contributed by atoms with Crippen LogP contribution >= 0.6 is 0 Å². The maximum atomic E-state index is 4.22. The normalized spacial score (nSPS) is 10.9. The summed E-state index contributed by atoms with van der Waals surface area (Å²) in [4.78, 5) is 0. The molecule has 0 N–H and O–H groups in total. The Kier molecular flexibility index (Phi) is 1.40. The summed E-state index contributed by atoms with van der Waals surface area (Å²) in [6.45, 7) is 4.16. The first kappa shape index (κ1) is 7.28. The van der Waals surface area contributed by atoms with Crippen molar-refractivity contribution in [1.29, 1.82) is 0 Å². The summed E-state index contributed by atoms with van der Waals surface area (Å²) in [7, 11) is 2.05. The van der Waals surface area contributed by atoms with Gasteiger partial charge >= 0.3 is 5.65 Å². The SMILES string of the molecule is Cc1cc(C)[n+](C)c2ccnn12. The topological polar surface area (TPSA) is 21.2 Å². The zero-order chi connectivity index (χ0) is 8.72. The second-order valence-electron chi connectivity index (χ2n) is 3.09. The molecule has 0 saturated heterocycles. The Morgan fingerprint density at radius 2 is 2.17 bits per heavy atom. The van der Waals surface area contributed by atoms with Gasteiger partial charge in [0.15, 0.2) is 0 Å². The molecule has 2 aromatic rings. The van der Waals surface area contributed by atoms with E-state index in [1.807, 2.05) is 23.8 Å². The van der Waals surface area contributed by atoms with E-state index in [1.54, 1.807) is 0 Å². The number of fused-ring (bicyclic) bond motifs is 1. The molecule has 3 nitrogen and oxygen atoms in total. The zero-order valence-electron chi connectivity index (χ0n) is 7.57. The lowest BCUT2D eigenvalue weighted by Gasteiger charge is -1.99. The largest absolute Gasteiger partial charge is 0.308 e. The van der Waals surface area contributed by atoms with Crippen molar-refractivity contribution in [2.24, 2.45) is 7.05 Å². The van der Waals surface area contributed by atoms with Crippen molar-refractivity contribution in [2.75, 3.05) is 0 Å². The Labute approximate surface area is 71.3 Å². The zero-order valence-corrected chi connectivity index (χ0v) is 7.57. The number of aryl methyl sites for hydroxylation is 3. The number of aromatic nitrogens is 3. The van der Waals surface area contributed by atoms with Crippen molar-refractivity contribution < 1.29 is 4.57 Å². The summed E-state index contributed by atoms with van der Waals surface area (Å²) >= 11 is 0. The predicted molar refractivity (Wildman–Crippen MR) is 45.8 cm³/mol. The van der Waals surface area contributed by atoms with Gasteiger partial charge in [-0.15, -0.1) is 4.52 Å². The fourth-order valence-corrected chi connectivity index (χ4v) is 1.46. The molecule has 0 amide bonds. The van der Waals surface area contributed by atoms with Crippen molar-refractivity contribution >= 4 is 5.65 Å². The molecule has 0 radical (unpaired) electrons. The molecular formula is C9H12N3+. The monoisotopic (exact) mass is 162 g/mol. The van der Waals surface area contributed by atoms with Gasteiger partial charge in [-0.3, -0.25) is 0 Å². The fourth-order valence-electron chi connectivity index (χ4n) is 1.46. The van der Waals surface area contributed by atoms with Gasteiger partial charge in [0.05, 0.1) is 19.3 Å². The molecule has 12 heavy (non-hydrogen) atoms. The van der Waals surface area contributed by atoms with E-state index in [1.165, 1.54) is 11.4 Å². The molecule has 3 heteroatoms. The van der Waals surface area contributed by atoms with E-state index in [4.69, 9.17) is 0 Å². The van der Waals surface area contributed by atoms with Crippen LogP contribution in [0.4, 0.5) is 0 Å². The molecule has 0 spiro atoms. The molecular weight excluding hydrogens is 150 g/mol. The van der Waals surface area contributed by atoms with Crippen LogP contribution < -0.4 is 4.57 Å². The predicted octanol–water partition coefficient (Wildman–Crippen LogP) is 0.776. The van der Waals surface area contributed by atoms with E-state index in [9.17, 15) is 0 Å². The van der Waals surface area contributed by atoms with Crippen LogP contribution in [0.1, 0.15) is 11.4 Å². The van der Waals surface area contributed by atoms with E-state index in [-0.39, 0.29) is 0 Å². The average molecular weight is 162 g/mol. The molecule has 62 valence electrons. The van der Waals surface area contributed by atoms with Crippen LogP contribution in [0, 0.1) is 13.8 Å². The van der Waals surface area contributed by atoms with Crippen molar-refractivity contribution in [3.05, 3.63) is 29.7 Å². The summed E-state index contributed by atoms with van der Waals surface area (Å²) in [5, 5.41) is 4.22. The maximum Gasteiger partial charge on any atom is 0.308 e. The van der Waals surface area contributed by atoms with Crippen molar-refractivity contribution in [3.8, 4) is 0 Å². The first-order chi connectivity index (χ1) is 5.70. The van der Waals surface area contributed by atoms with Crippen LogP contribution in [0.3, 0.4) is 0 Å². The Morgan fingerprint density at radius 3 is 2.92 bits per heavy atom. The first-order valence-electron chi connectivity index (χ1n) is 4.00. The van der Waals surface area contributed by atoms with Crippen molar-refractivity contribution in [2.45, 2.75) is 13.8 Å². The maximum absolute atomic E-state index is 4.22. The van der Waals surface area contributed by atoms with Crippen LogP contribution in [0.25, 0.3) is 5.65 Å². The van der Waals surface area contributed by atoms with Crippen molar-refractivity contribution in [1.82, 2.24) is 9.61 Å². The molecule has 0 aliphatic carbocycles. The van der Waals surface area contributed by atoms with E-state index in [0.717, 1.165) is 5.65 Å². The lowest BCUT2D eigenvalue weighted by Crippen LogP contribution is -2.34. The highest BCUT2D eigenvalue weighted by atomic mass is 15.3. The van der Waals surface area contributed by atoms with E-state index in [2.05, 4.69) is 29.6 Å². The third kappa shape index (κ3) is 0.826. The molecule has 2 heterocycles. The molecule has 0 unspecified atom stereocenters. The van der Waals surface area contributed by atoms with Gasteiger partial charge in [0.25, 0.3) is 0 Å². The summed E-state index contributed by atoms with van der Waals surface area (Å²) in [6.07, 6.45) is 1.82. The fraction of sp³-hybridized carbons (Fsp3) is 0.333. The summed E-state index contributed by atoms with van der Waals surface area (Å²) < 4.78 is 4.06. The van der Waals surface area contributed by atoms with E-state index >= 15 is 0 Å².